The highest BCUT2D eigenvalue weighted by Gasteiger charge is 2.11. The molecule has 0 radical (unpaired) electrons. The number of thioether (sulfide) groups is 1. The molecular formula is C13H14N6OS. The topological polar surface area (TPSA) is 96.5 Å². The minimum atomic E-state index is -0.145. The highest BCUT2D eigenvalue weighted by atomic mass is 32.2. The van der Waals surface area contributed by atoms with Gasteiger partial charge >= 0.3 is 0 Å². The Labute approximate surface area is 126 Å². The minimum absolute atomic E-state index is 0.145. The van der Waals surface area contributed by atoms with Crippen LogP contribution in [0.4, 0.5) is 0 Å². The summed E-state index contributed by atoms with van der Waals surface area (Å²) < 4.78 is 1.59. The van der Waals surface area contributed by atoms with E-state index in [2.05, 4.69) is 20.8 Å². The molecule has 0 atom stereocenters. The second-order valence-corrected chi connectivity index (χ2v) is 5.20. The number of hydrogen-bond acceptors (Lipinski definition) is 6. The van der Waals surface area contributed by atoms with Crippen molar-refractivity contribution in [2.75, 3.05) is 12.3 Å². The lowest BCUT2D eigenvalue weighted by molar-refractivity contribution is -0.118. The zero-order valence-corrected chi connectivity index (χ0v) is 12.3. The number of carbonyl (C=O) groups excluding carboxylic acids is 1. The number of rotatable bonds is 6. The number of aromatic nitrogens is 4. The molecule has 0 aliphatic rings. The molecule has 1 heterocycles. The zero-order valence-electron chi connectivity index (χ0n) is 11.5. The van der Waals surface area contributed by atoms with Gasteiger partial charge in [0.2, 0.25) is 11.1 Å². The van der Waals surface area contributed by atoms with Gasteiger partial charge in [0.05, 0.1) is 23.9 Å². The van der Waals surface area contributed by atoms with E-state index in [-0.39, 0.29) is 11.7 Å². The van der Waals surface area contributed by atoms with E-state index in [1.807, 2.05) is 37.3 Å². The molecule has 1 N–H and O–H groups in total. The van der Waals surface area contributed by atoms with Crippen LogP contribution in [0.3, 0.4) is 0 Å². The molecule has 1 aromatic heterocycles. The fraction of sp³-hybridized carbons (Fsp3) is 0.308. The van der Waals surface area contributed by atoms with Crippen LogP contribution < -0.4 is 5.32 Å². The minimum Gasteiger partial charge on any atom is -0.354 e. The maximum absolute atomic E-state index is 11.6. The molecule has 0 saturated carbocycles. The van der Waals surface area contributed by atoms with Gasteiger partial charge in [-0.2, -0.15) is 9.94 Å². The van der Waals surface area contributed by atoms with Crippen LogP contribution in [0.5, 0.6) is 0 Å². The quantitative estimate of drug-likeness (QED) is 0.634. The van der Waals surface area contributed by atoms with Gasteiger partial charge in [-0.25, -0.2) is 0 Å². The van der Waals surface area contributed by atoms with Gasteiger partial charge in [-0.05, 0) is 29.5 Å². The second kappa shape index (κ2) is 7.40. The van der Waals surface area contributed by atoms with E-state index in [1.54, 1.807) is 4.68 Å². The lowest BCUT2D eigenvalue weighted by atomic mass is 10.2. The van der Waals surface area contributed by atoms with Gasteiger partial charge in [-0.3, -0.25) is 4.79 Å². The van der Waals surface area contributed by atoms with E-state index < -0.39 is 0 Å². The van der Waals surface area contributed by atoms with Crippen LogP contribution in [-0.2, 0) is 4.79 Å². The van der Waals surface area contributed by atoms with E-state index in [4.69, 9.17) is 5.26 Å². The van der Waals surface area contributed by atoms with Crippen LogP contribution in [0.15, 0.2) is 29.4 Å². The average Bonchev–Trinajstić information content (AvgIpc) is 2.95. The highest BCUT2D eigenvalue weighted by Crippen LogP contribution is 2.18. The molecule has 1 aromatic carbocycles. The van der Waals surface area contributed by atoms with Crippen molar-refractivity contribution in [2.45, 2.75) is 18.5 Å². The van der Waals surface area contributed by atoms with Crippen molar-refractivity contribution in [1.29, 1.82) is 5.26 Å². The molecule has 2 aromatic rings. The molecule has 108 valence electrons. The number of nitriles is 1. The van der Waals surface area contributed by atoms with Gasteiger partial charge in [-0.15, -0.1) is 5.10 Å². The average molecular weight is 302 g/mol. The first-order valence-electron chi connectivity index (χ1n) is 6.32. The SMILES string of the molecule is Cc1ccc(-n2nnnc2SCC(=O)NCCC#N)cc1. The van der Waals surface area contributed by atoms with Crippen molar-refractivity contribution in [3.8, 4) is 11.8 Å². The normalized spacial score (nSPS) is 10.1. The summed E-state index contributed by atoms with van der Waals surface area (Å²) in [4.78, 5) is 11.6. The maximum atomic E-state index is 11.6. The molecule has 21 heavy (non-hydrogen) atoms. The number of aryl methyl sites for hydroxylation is 1. The lowest BCUT2D eigenvalue weighted by Crippen LogP contribution is -2.26. The third-order valence-electron chi connectivity index (χ3n) is 2.61. The van der Waals surface area contributed by atoms with E-state index in [1.165, 1.54) is 11.8 Å². The number of nitrogens with one attached hydrogen (secondary N) is 1. The second-order valence-electron chi connectivity index (χ2n) is 4.26. The Morgan fingerprint density at radius 1 is 1.43 bits per heavy atom. The fourth-order valence-electron chi connectivity index (χ4n) is 1.56. The Kier molecular flexibility index (Phi) is 5.29. The lowest BCUT2D eigenvalue weighted by Gasteiger charge is -2.05. The van der Waals surface area contributed by atoms with Crippen LogP contribution >= 0.6 is 11.8 Å². The molecule has 0 aliphatic carbocycles. The molecule has 2 rings (SSSR count). The Morgan fingerprint density at radius 2 is 2.19 bits per heavy atom. The monoisotopic (exact) mass is 302 g/mol. The van der Waals surface area contributed by atoms with E-state index in [9.17, 15) is 4.79 Å². The number of nitrogens with zero attached hydrogens (tertiary/aromatic N) is 5. The van der Waals surface area contributed by atoms with Gasteiger partial charge in [0.1, 0.15) is 0 Å². The molecule has 1 amide bonds. The van der Waals surface area contributed by atoms with E-state index in [0.29, 0.717) is 18.1 Å². The van der Waals surface area contributed by atoms with Gasteiger partial charge < -0.3 is 5.32 Å². The first kappa shape index (κ1) is 15.0. The van der Waals surface area contributed by atoms with E-state index >= 15 is 0 Å². The van der Waals surface area contributed by atoms with Crippen molar-refractivity contribution < 1.29 is 4.79 Å². The summed E-state index contributed by atoms with van der Waals surface area (Å²) in [5, 5.41) is 23.1. The maximum Gasteiger partial charge on any atom is 0.230 e. The number of tetrazole rings is 1. The fourth-order valence-corrected chi connectivity index (χ4v) is 2.28. The summed E-state index contributed by atoms with van der Waals surface area (Å²) in [6, 6.07) is 9.75. The first-order chi connectivity index (χ1) is 10.2. The predicted octanol–water partition coefficient (Wildman–Crippen LogP) is 1.09. The molecular weight excluding hydrogens is 288 g/mol. The van der Waals surface area contributed by atoms with Crippen LogP contribution in [0.2, 0.25) is 0 Å². The molecule has 0 spiro atoms. The molecule has 0 fully saturated rings. The Bertz CT molecular complexity index is 645. The number of benzene rings is 1. The molecule has 8 heteroatoms. The van der Waals surface area contributed by atoms with Crippen molar-refractivity contribution >= 4 is 17.7 Å². The summed E-state index contributed by atoms with van der Waals surface area (Å²) in [5.41, 5.74) is 2.00. The summed E-state index contributed by atoms with van der Waals surface area (Å²) in [7, 11) is 0. The third-order valence-corrected chi connectivity index (χ3v) is 3.53. The molecule has 7 nitrogen and oxygen atoms in total. The number of carbonyl (C=O) groups is 1. The van der Waals surface area contributed by atoms with Gasteiger partial charge in [0, 0.05) is 6.54 Å². The van der Waals surface area contributed by atoms with Crippen LogP contribution in [-0.4, -0.2) is 38.4 Å². The van der Waals surface area contributed by atoms with Crippen LogP contribution in [0, 0.1) is 18.3 Å². The summed E-state index contributed by atoms with van der Waals surface area (Å²) in [5.74, 6) is 0.0613. The summed E-state index contributed by atoms with van der Waals surface area (Å²) in [6.07, 6.45) is 0.303. The molecule has 0 bridgehead atoms. The summed E-state index contributed by atoms with van der Waals surface area (Å²) >= 11 is 1.25. The number of hydrogen-bond donors (Lipinski definition) is 1. The van der Waals surface area contributed by atoms with Crippen molar-refractivity contribution in [1.82, 2.24) is 25.5 Å². The smallest absolute Gasteiger partial charge is 0.230 e. The standard InChI is InChI=1S/C13H14N6OS/c1-10-3-5-11(6-4-10)19-13(16-17-18-19)21-9-12(20)15-8-2-7-14/h3-6H,2,8-9H2,1H3,(H,15,20). The van der Waals surface area contributed by atoms with E-state index in [0.717, 1.165) is 11.3 Å². The first-order valence-corrected chi connectivity index (χ1v) is 7.31. The van der Waals surface area contributed by atoms with Crippen molar-refractivity contribution in [3.05, 3.63) is 29.8 Å². The van der Waals surface area contributed by atoms with Crippen molar-refractivity contribution in [2.24, 2.45) is 0 Å². The Balaban J connectivity index is 1.96. The van der Waals surface area contributed by atoms with Gasteiger partial charge in [-0.1, -0.05) is 29.5 Å². The van der Waals surface area contributed by atoms with Crippen molar-refractivity contribution in [3.63, 3.8) is 0 Å². The van der Waals surface area contributed by atoms with Crippen LogP contribution in [0.25, 0.3) is 5.69 Å². The van der Waals surface area contributed by atoms with Gasteiger partial charge in [0.15, 0.2) is 0 Å². The zero-order chi connectivity index (χ0) is 15.1. The largest absolute Gasteiger partial charge is 0.354 e. The van der Waals surface area contributed by atoms with Crippen LogP contribution in [0.1, 0.15) is 12.0 Å². The Hall–Kier alpha value is -2.40. The van der Waals surface area contributed by atoms with Gasteiger partial charge in [0.25, 0.3) is 0 Å². The summed E-state index contributed by atoms with van der Waals surface area (Å²) in [6.45, 7) is 2.36. The Morgan fingerprint density at radius 3 is 2.90 bits per heavy atom. The molecule has 0 saturated heterocycles. The third kappa shape index (κ3) is 4.29. The number of amides is 1. The molecule has 0 unspecified atom stereocenters. The molecule has 0 aliphatic heterocycles. The highest BCUT2D eigenvalue weighted by molar-refractivity contribution is 7.99. The predicted molar refractivity (Wildman–Crippen MR) is 77.9 cm³/mol.